The molecular formula is C24H25N3O2. The summed E-state index contributed by atoms with van der Waals surface area (Å²) in [5, 5.41) is 14.5. The molecule has 5 heteroatoms. The van der Waals surface area contributed by atoms with Crippen molar-refractivity contribution < 1.29 is 9.90 Å². The van der Waals surface area contributed by atoms with E-state index in [0.29, 0.717) is 6.54 Å². The molecule has 0 unspecified atom stereocenters. The number of aryl methyl sites for hydroxylation is 1. The predicted octanol–water partition coefficient (Wildman–Crippen LogP) is 3.64. The Balaban J connectivity index is 1.38. The zero-order valence-electron chi connectivity index (χ0n) is 16.6. The third-order valence-electron chi connectivity index (χ3n) is 6.34. The van der Waals surface area contributed by atoms with Crippen molar-refractivity contribution in [3.8, 4) is 5.69 Å². The fraction of sp³-hybridized carbons (Fsp3) is 0.333. The second-order valence-electron chi connectivity index (χ2n) is 8.23. The minimum atomic E-state index is -0.387. The topological polar surface area (TPSA) is 58.4 Å². The highest BCUT2D eigenvalue weighted by Crippen LogP contribution is 2.33. The number of aliphatic hydroxyl groups excluding tert-OH is 1. The van der Waals surface area contributed by atoms with Crippen molar-refractivity contribution in [1.82, 2.24) is 14.7 Å². The van der Waals surface area contributed by atoms with E-state index in [-0.39, 0.29) is 18.1 Å². The van der Waals surface area contributed by atoms with Gasteiger partial charge < -0.3 is 10.0 Å². The Morgan fingerprint density at radius 2 is 2.00 bits per heavy atom. The highest BCUT2D eigenvalue weighted by atomic mass is 16.3. The number of rotatable bonds is 4. The summed E-state index contributed by atoms with van der Waals surface area (Å²) in [6.07, 6.45) is 6.79. The third-order valence-corrected chi connectivity index (χ3v) is 6.34. The van der Waals surface area contributed by atoms with Crippen LogP contribution in [0.2, 0.25) is 0 Å². The van der Waals surface area contributed by atoms with E-state index < -0.39 is 0 Å². The zero-order chi connectivity index (χ0) is 20.0. The van der Waals surface area contributed by atoms with Gasteiger partial charge in [0.15, 0.2) is 0 Å². The number of amides is 1. The number of aromatic nitrogens is 2. The lowest BCUT2D eigenvalue weighted by molar-refractivity contribution is 0.0479. The van der Waals surface area contributed by atoms with Gasteiger partial charge in [-0.15, -0.1) is 0 Å². The third kappa shape index (κ3) is 3.25. The summed E-state index contributed by atoms with van der Waals surface area (Å²) in [6.45, 7) is 2.74. The number of hydrogen-bond donors (Lipinski definition) is 1. The Hall–Kier alpha value is -2.92. The van der Waals surface area contributed by atoms with Crippen LogP contribution in [0.3, 0.4) is 0 Å². The van der Waals surface area contributed by atoms with Crippen LogP contribution < -0.4 is 0 Å². The van der Waals surface area contributed by atoms with Gasteiger partial charge in [-0.1, -0.05) is 18.2 Å². The fourth-order valence-electron chi connectivity index (χ4n) is 4.70. The van der Waals surface area contributed by atoms with Gasteiger partial charge in [-0.2, -0.15) is 5.10 Å². The van der Waals surface area contributed by atoms with E-state index in [1.165, 1.54) is 16.7 Å². The molecule has 0 spiro atoms. The molecule has 2 atom stereocenters. The molecule has 1 N–H and O–H groups in total. The first-order chi connectivity index (χ1) is 14.1. The summed E-state index contributed by atoms with van der Waals surface area (Å²) < 4.78 is 1.84. The molecule has 0 saturated heterocycles. The molecular weight excluding hydrogens is 362 g/mol. The first-order valence-corrected chi connectivity index (χ1v) is 10.3. The van der Waals surface area contributed by atoms with E-state index >= 15 is 0 Å². The Morgan fingerprint density at radius 1 is 1.17 bits per heavy atom. The minimum Gasteiger partial charge on any atom is -0.391 e. The molecule has 2 aliphatic rings. The number of aliphatic hydroxyl groups is 1. The highest BCUT2D eigenvalue weighted by molar-refractivity contribution is 5.99. The molecule has 1 aliphatic heterocycles. The van der Waals surface area contributed by atoms with Gasteiger partial charge in [-0.3, -0.25) is 4.79 Å². The number of nitrogens with zero attached hydrogens (tertiary/aromatic N) is 3. The van der Waals surface area contributed by atoms with Gasteiger partial charge in [0.2, 0.25) is 0 Å². The standard InChI is InChI=1S/C24H25N3O2/c1-16-12-19-15-26(22-4-2-5-23(22)28)24(29)21(19)14-18(16)13-17-6-8-20(9-7-17)27-11-3-10-25-27/h3,6-12,14,22-23,28H,2,4-5,13,15H2,1H3/t22-,23+/m1/s1. The van der Waals surface area contributed by atoms with Gasteiger partial charge in [0, 0.05) is 24.5 Å². The van der Waals surface area contributed by atoms with Gasteiger partial charge in [-0.25, -0.2) is 4.68 Å². The zero-order valence-corrected chi connectivity index (χ0v) is 16.6. The lowest BCUT2D eigenvalue weighted by atomic mass is 9.95. The van der Waals surface area contributed by atoms with Gasteiger partial charge in [0.05, 0.1) is 17.8 Å². The lowest BCUT2D eigenvalue weighted by Gasteiger charge is -2.26. The van der Waals surface area contributed by atoms with Crippen LogP contribution in [0.5, 0.6) is 0 Å². The summed E-state index contributed by atoms with van der Waals surface area (Å²) in [7, 11) is 0. The van der Waals surface area contributed by atoms with Crippen LogP contribution >= 0.6 is 0 Å². The van der Waals surface area contributed by atoms with Crippen molar-refractivity contribution in [2.75, 3.05) is 0 Å². The molecule has 3 aromatic rings. The largest absolute Gasteiger partial charge is 0.391 e. The van der Waals surface area contributed by atoms with Gasteiger partial charge in [0.25, 0.3) is 5.91 Å². The van der Waals surface area contributed by atoms with Crippen LogP contribution in [0, 0.1) is 6.92 Å². The Labute approximate surface area is 170 Å². The van der Waals surface area contributed by atoms with Crippen molar-refractivity contribution in [2.45, 2.75) is 51.3 Å². The maximum absolute atomic E-state index is 13.0. The average molecular weight is 387 g/mol. The second-order valence-corrected chi connectivity index (χ2v) is 8.23. The molecule has 1 saturated carbocycles. The van der Waals surface area contributed by atoms with Crippen LogP contribution in [0.25, 0.3) is 5.69 Å². The average Bonchev–Trinajstić information content (AvgIpc) is 3.45. The summed E-state index contributed by atoms with van der Waals surface area (Å²) in [5.41, 5.74) is 6.52. The van der Waals surface area contributed by atoms with E-state index in [1.807, 2.05) is 21.8 Å². The van der Waals surface area contributed by atoms with Gasteiger partial charge >= 0.3 is 0 Å². The number of fused-ring (bicyclic) bond motifs is 1. The fourth-order valence-corrected chi connectivity index (χ4v) is 4.70. The summed E-state index contributed by atoms with van der Waals surface area (Å²) in [6, 6.07) is 14.5. The maximum atomic E-state index is 13.0. The van der Waals surface area contributed by atoms with E-state index in [4.69, 9.17) is 0 Å². The summed E-state index contributed by atoms with van der Waals surface area (Å²) >= 11 is 0. The smallest absolute Gasteiger partial charge is 0.254 e. The van der Waals surface area contributed by atoms with Crippen molar-refractivity contribution >= 4 is 5.91 Å². The molecule has 5 rings (SSSR count). The molecule has 1 aliphatic carbocycles. The summed E-state index contributed by atoms with van der Waals surface area (Å²) in [5.74, 6) is 0.0706. The normalized spacial score (nSPS) is 21.0. The van der Waals surface area contributed by atoms with E-state index in [2.05, 4.69) is 48.4 Å². The molecule has 1 aromatic heterocycles. The van der Waals surface area contributed by atoms with Crippen LogP contribution in [-0.2, 0) is 13.0 Å². The Morgan fingerprint density at radius 3 is 2.69 bits per heavy atom. The van der Waals surface area contributed by atoms with Gasteiger partial charge in [-0.05, 0) is 79.1 Å². The van der Waals surface area contributed by atoms with Crippen molar-refractivity contribution in [3.63, 3.8) is 0 Å². The molecule has 0 bridgehead atoms. The number of carbonyl (C=O) groups excluding carboxylic acids is 1. The minimum absolute atomic E-state index is 0.0338. The van der Waals surface area contributed by atoms with E-state index in [9.17, 15) is 9.90 Å². The second kappa shape index (κ2) is 7.16. The summed E-state index contributed by atoms with van der Waals surface area (Å²) in [4.78, 5) is 14.9. The molecule has 2 aromatic carbocycles. The van der Waals surface area contributed by atoms with Crippen molar-refractivity contribution in [3.05, 3.63) is 82.7 Å². The van der Waals surface area contributed by atoms with E-state index in [1.54, 1.807) is 6.20 Å². The quantitative estimate of drug-likeness (QED) is 0.744. The lowest BCUT2D eigenvalue weighted by Crippen LogP contribution is -2.40. The Kier molecular flexibility index (Phi) is 4.47. The molecule has 29 heavy (non-hydrogen) atoms. The number of carbonyl (C=O) groups is 1. The molecule has 148 valence electrons. The molecule has 1 fully saturated rings. The molecule has 2 heterocycles. The van der Waals surface area contributed by atoms with Gasteiger partial charge in [0.1, 0.15) is 0 Å². The highest BCUT2D eigenvalue weighted by Gasteiger charge is 2.38. The van der Waals surface area contributed by atoms with Crippen LogP contribution in [0.15, 0.2) is 54.9 Å². The van der Waals surface area contributed by atoms with Crippen LogP contribution in [0.1, 0.15) is 51.9 Å². The van der Waals surface area contributed by atoms with Crippen molar-refractivity contribution in [1.29, 1.82) is 0 Å². The molecule has 0 radical (unpaired) electrons. The number of benzene rings is 2. The van der Waals surface area contributed by atoms with Crippen LogP contribution in [0.4, 0.5) is 0 Å². The van der Waals surface area contributed by atoms with E-state index in [0.717, 1.165) is 42.5 Å². The predicted molar refractivity (Wildman–Crippen MR) is 111 cm³/mol. The SMILES string of the molecule is Cc1cc2c(cc1Cc1ccc(-n3cccn3)cc1)C(=O)N([C@@H]1CCC[C@@H]1O)C2. The van der Waals surface area contributed by atoms with Crippen LogP contribution in [-0.4, -0.2) is 37.8 Å². The number of hydrogen-bond acceptors (Lipinski definition) is 3. The molecule has 5 nitrogen and oxygen atoms in total. The molecule has 1 amide bonds. The first-order valence-electron chi connectivity index (χ1n) is 10.3. The first kappa shape index (κ1) is 18.1. The van der Waals surface area contributed by atoms with Crippen molar-refractivity contribution in [2.24, 2.45) is 0 Å². The monoisotopic (exact) mass is 387 g/mol. The Bertz CT molecular complexity index is 1040. The maximum Gasteiger partial charge on any atom is 0.254 e.